The summed E-state index contributed by atoms with van der Waals surface area (Å²) >= 11 is 1.34. The van der Waals surface area contributed by atoms with Gasteiger partial charge in [0.25, 0.3) is 0 Å². The minimum atomic E-state index is -3.28. The van der Waals surface area contributed by atoms with Gasteiger partial charge in [-0.2, -0.15) is 5.10 Å². The van der Waals surface area contributed by atoms with E-state index in [4.69, 9.17) is 0 Å². The number of H-pyrrole nitrogens is 1. The lowest BCUT2D eigenvalue weighted by Crippen LogP contribution is -2.30. The number of anilines is 1. The second-order valence-electron chi connectivity index (χ2n) is 6.55. The summed E-state index contributed by atoms with van der Waals surface area (Å²) in [6, 6.07) is 12.1. The number of carbonyl (C=O) groups excluding carboxylic acids is 1. The molecule has 2 aromatic heterocycles. The van der Waals surface area contributed by atoms with E-state index in [9.17, 15) is 13.2 Å². The monoisotopic (exact) mass is 442 g/mol. The van der Waals surface area contributed by atoms with Crippen LogP contribution in [-0.2, 0) is 16.3 Å². The summed E-state index contributed by atoms with van der Waals surface area (Å²) in [6.07, 6.45) is 3.20. The number of amides is 2. The Balaban J connectivity index is 1.47. The molecule has 2 aromatic carbocycles. The molecule has 0 saturated carbocycles. The lowest BCUT2D eigenvalue weighted by atomic mass is 10.1. The van der Waals surface area contributed by atoms with E-state index in [1.165, 1.54) is 23.9 Å². The van der Waals surface area contributed by atoms with Gasteiger partial charge in [-0.1, -0.05) is 29.5 Å². The van der Waals surface area contributed by atoms with E-state index in [1.54, 1.807) is 18.2 Å². The molecular weight excluding hydrogens is 424 g/mol. The van der Waals surface area contributed by atoms with Crippen LogP contribution in [0.5, 0.6) is 0 Å². The predicted molar refractivity (Wildman–Crippen MR) is 115 cm³/mol. The van der Waals surface area contributed by atoms with Gasteiger partial charge in [0.1, 0.15) is 6.33 Å². The molecule has 9 nitrogen and oxygen atoms in total. The number of rotatable bonds is 6. The number of aromatic amines is 1. The smallest absolute Gasteiger partial charge is 0.321 e. The van der Waals surface area contributed by atoms with Gasteiger partial charge >= 0.3 is 6.03 Å². The number of aromatic nitrogens is 4. The molecular formula is C19H18N6O3S2. The van der Waals surface area contributed by atoms with Crippen molar-refractivity contribution in [2.75, 3.05) is 18.1 Å². The van der Waals surface area contributed by atoms with Crippen molar-refractivity contribution in [3.05, 3.63) is 54.6 Å². The zero-order valence-electron chi connectivity index (χ0n) is 15.9. The molecule has 0 saturated heterocycles. The normalized spacial score (nSPS) is 11.5. The Kier molecular flexibility index (Phi) is 5.46. The Bertz CT molecular complexity index is 1300. The standard InChI is InChI=1S/C19H18N6O3S2/c1-30(27,28)14-4-2-3-12(9-14)13-5-6-15-16(10-13)29-19(23-15)24-18(26)20-8-7-17-21-11-22-25-17/h2-6,9-11H,7-8H2,1H3,(H,21,22,25)(H2,20,23,24,26). The van der Waals surface area contributed by atoms with Gasteiger partial charge in [0, 0.05) is 19.2 Å². The van der Waals surface area contributed by atoms with E-state index in [0.717, 1.165) is 21.3 Å². The van der Waals surface area contributed by atoms with Gasteiger partial charge in [0.05, 0.1) is 15.1 Å². The Hall–Kier alpha value is -3.31. The number of nitrogens with zero attached hydrogens (tertiary/aromatic N) is 3. The molecule has 0 bridgehead atoms. The van der Waals surface area contributed by atoms with Crippen LogP contribution in [0.2, 0.25) is 0 Å². The van der Waals surface area contributed by atoms with Crippen LogP contribution in [0.1, 0.15) is 5.82 Å². The molecule has 30 heavy (non-hydrogen) atoms. The number of sulfone groups is 1. The van der Waals surface area contributed by atoms with Crippen LogP contribution in [0.3, 0.4) is 0 Å². The van der Waals surface area contributed by atoms with Crippen LogP contribution in [0.25, 0.3) is 21.3 Å². The molecule has 0 aliphatic rings. The minimum absolute atomic E-state index is 0.272. The molecule has 11 heteroatoms. The fourth-order valence-corrected chi connectivity index (χ4v) is 4.42. The molecule has 0 radical (unpaired) electrons. The highest BCUT2D eigenvalue weighted by Crippen LogP contribution is 2.31. The fraction of sp³-hybridized carbons (Fsp3) is 0.158. The van der Waals surface area contributed by atoms with Gasteiger partial charge in [0.15, 0.2) is 20.8 Å². The van der Waals surface area contributed by atoms with Crippen LogP contribution in [0.4, 0.5) is 9.93 Å². The largest absolute Gasteiger partial charge is 0.337 e. The molecule has 154 valence electrons. The Labute approximate surface area is 176 Å². The summed E-state index contributed by atoms with van der Waals surface area (Å²) in [6.45, 7) is 0.398. The molecule has 2 heterocycles. The summed E-state index contributed by atoms with van der Waals surface area (Å²) in [5.41, 5.74) is 2.42. The van der Waals surface area contributed by atoms with E-state index in [-0.39, 0.29) is 10.9 Å². The first-order valence-corrected chi connectivity index (χ1v) is 11.7. The highest BCUT2D eigenvalue weighted by molar-refractivity contribution is 7.90. The first-order chi connectivity index (χ1) is 14.4. The summed E-state index contributed by atoms with van der Waals surface area (Å²) in [5, 5.41) is 12.5. The van der Waals surface area contributed by atoms with Crippen molar-refractivity contribution in [3.8, 4) is 11.1 Å². The molecule has 2 amide bonds. The third-order valence-electron chi connectivity index (χ3n) is 4.30. The van der Waals surface area contributed by atoms with E-state index < -0.39 is 9.84 Å². The van der Waals surface area contributed by atoms with Crippen LogP contribution in [0.15, 0.2) is 53.7 Å². The molecule has 4 aromatic rings. The van der Waals surface area contributed by atoms with E-state index >= 15 is 0 Å². The van der Waals surface area contributed by atoms with Crippen LogP contribution in [0, 0.1) is 0 Å². The summed E-state index contributed by atoms with van der Waals surface area (Å²) < 4.78 is 24.5. The topological polar surface area (TPSA) is 130 Å². The van der Waals surface area contributed by atoms with Gasteiger partial charge in [-0.05, 0) is 35.4 Å². The Morgan fingerprint density at radius 3 is 2.77 bits per heavy atom. The Morgan fingerprint density at radius 1 is 1.17 bits per heavy atom. The minimum Gasteiger partial charge on any atom is -0.337 e. The fourth-order valence-electron chi connectivity index (χ4n) is 2.85. The van der Waals surface area contributed by atoms with Crippen molar-refractivity contribution in [2.45, 2.75) is 11.3 Å². The number of hydrogen-bond donors (Lipinski definition) is 3. The molecule has 0 aliphatic carbocycles. The zero-order valence-corrected chi connectivity index (χ0v) is 17.5. The average molecular weight is 443 g/mol. The number of nitrogens with one attached hydrogen (secondary N) is 3. The van der Waals surface area contributed by atoms with Crippen molar-refractivity contribution in [3.63, 3.8) is 0 Å². The molecule has 0 spiro atoms. The first-order valence-electron chi connectivity index (χ1n) is 8.99. The van der Waals surface area contributed by atoms with Crippen molar-refractivity contribution in [2.24, 2.45) is 0 Å². The lowest BCUT2D eigenvalue weighted by molar-refractivity contribution is 0.252. The maximum Gasteiger partial charge on any atom is 0.321 e. The average Bonchev–Trinajstić information content (AvgIpc) is 3.36. The quantitative estimate of drug-likeness (QED) is 0.421. The van der Waals surface area contributed by atoms with Crippen LogP contribution < -0.4 is 10.6 Å². The SMILES string of the molecule is CS(=O)(=O)c1cccc(-c2ccc3nc(NC(=O)NCCc4nc[nH]n4)sc3c2)c1. The van der Waals surface area contributed by atoms with Gasteiger partial charge in [-0.25, -0.2) is 23.2 Å². The maximum absolute atomic E-state index is 12.1. The molecule has 0 fully saturated rings. The third-order valence-corrected chi connectivity index (χ3v) is 6.35. The van der Waals surface area contributed by atoms with Gasteiger partial charge in [0.2, 0.25) is 0 Å². The number of carbonyl (C=O) groups is 1. The molecule has 4 rings (SSSR count). The van der Waals surface area contributed by atoms with Crippen molar-refractivity contribution < 1.29 is 13.2 Å². The molecule has 0 atom stereocenters. The maximum atomic E-state index is 12.1. The summed E-state index contributed by atoms with van der Waals surface area (Å²) in [4.78, 5) is 20.8. The van der Waals surface area contributed by atoms with Crippen molar-refractivity contribution in [1.29, 1.82) is 0 Å². The van der Waals surface area contributed by atoms with E-state index in [0.29, 0.717) is 23.9 Å². The van der Waals surface area contributed by atoms with Gasteiger partial charge < -0.3 is 5.32 Å². The summed E-state index contributed by atoms with van der Waals surface area (Å²) in [7, 11) is -3.28. The zero-order chi connectivity index (χ0) is 21.1. The number of fused-ring (bicyclic) bond motifs is 1. The predicted octanol–water partition coefficient (Wildman–Crippen LogP) is 2.85. The van der Waals surface area contributed by atoms with Gasteiger partial charge in [-0.15, -0.1) is 0 Å². The number of hydrogen-bond acceptors (Lipinski definition) is 7. The Morgan fingerprint density at radius 2 is 2.00 bits per heavy atom. The van der Waals surface area contributed by atoms with Crippen LogP contribution in [-0.4, -0.2) is 47.4 Å². The number of urea groups is 1. The second-order valence-corrected chi connectivity index (χ2v) is 9.59. The van der Waals surface area contributed by atoms with E-state index in [2.05, 4.69) is 30.8 Å². The number of thiazole rings is 1. The van der Waals surface area contributed by atoms with Crippen molar-refractivity contribution in [1.82, 2.24) is 25.5 Å². The van der Waals surface area contributed by atoms with E-state index in [1.807, 2.05) is 24.3 Å². The highest BCUT2D eigenvalue weighted by Gasteiger charge is 2.11. The second kappa shape index (κ2) is 8.20. The molecule has 0 unspecified atom stereocenters. The third kappa shape index (κ3) is 4.63. The number of benzene rings is 2. The van der Waals surface area contributed by atoms with Crippen molar-refractivity contribution >= 4 is 42.6 Å². The molecule has 0 aliphatic heterocycles. The highest BCUT2D eigenvalue weighted by atomic mass is 32.2. The van der Waals surface area contributed by atoms with Crippen LogP contribution >= 0.6 is 11.3 Å². The van der Waals surface area contributed by atoms with Gasteiger partial charge in [-0.3, -0.25) is 10.4 Å². The summed E-state index contributed by atoms with van der Waals surface area (Å²) in [5.74, 6) is 0.628. The molecule has 3 N–H and O–H groups in total. The lowest BCUT2D eigenvalue weighted by Gasteiger charge is -2.04. The first kappa shape index (κ1) is 20.0.